The minimum atomic E-state index is -0.323. The quantitative estimate of drug-likeness (QED) is 0.0332. The van der Waals surface area contributed by atoms with Gasteiger partial charge in [-0.25, -0.2) is 0 Å². The lowest BCUT2D eigenvalue weighted by molar-refractivity contribution is -0.121. The lowest BCUT2D eigenvalue weighted by Gasteiger charge is -2.08. The molecule has 0 radical (unpaired) electrons. The second-order valence-corrected chi connectivity index (χ2v) is 42.2. The first-order valence-electron chi connectivity index (χ1n) is 59.1. The molecule has 0 unspecified atom stereocenters. The topological polar surface area (TPSA) is 139 Å². The molecule has 0 aliphatic carbocycles. The highest BCUT2D eigenvalue weighted by molar-refractivity contribution is 6.22. The van der Waals surface area contributed by atoms with Gasteiger partial charge in [0.2, 0.25) is 5.91 Å². The number of hydrogen-bond acceptors (Lipinski definition) is 6. The summed E-state index contributed by atoms with van der Waals surface area (Å²) in [6.45, 7) is 5.60. The Morgan fingerprint density at radius 2 is 0.348 bits per heavy atom. The molecular weight excluding hydrogens is 1620 g/mol. The number of nitrogens with one attached hydrogen (secondary N) is 3. The first-order chi connectivity index (χ1) is 65.2. The van der Waals surface area contributed by atoms with Crippen LogP contribution in [-0.2, 0) is 9.59 Å². The largest absolute Gasteiger partial charge is 0.354 e. The molecule has 5 aromatic carbocycles. The molecule has 5 rings (SSSR count). The monoisotopic (exact) mass is 1830 g/mol. The minimum Gasteiger partial charge on any atom is -0.354 e. The van der Waals surface area contributed by atoms with Gasteiger partial charge >= 0.3 is 0 Å². The summed E-state index contributed by atoms with van der Waals surface area (Å²) in [7, 11) is 0. The summed E-state index contributed by atoms with van der Waals surface area (Å²) in [4.78, 5) is 79.9. The molecule has 5 aromatic rings. The van der Waals surface area contributed by atoms with Crippen molar-refractivity contribution in [2.45, 2.75) is 617 Å². The Hall–Kier alpha value is -4.92. The summed E-state index contributed by atoms with van der Waals surface area (Å²) in [5, 5.41) is 13.2. The Labute approximate surface area is 813 Å². The summed E-state index contributed by atoms with van der Waals surface area (Å²) in [5.41, 5.74) is 0.325. The van der Waals surface area contributed by atoms with E-state index in [1.54, 1.807) is 48.5 Å². The summed E-state index contributed by atoms with van der Waals surface area (Å²) >= 11 is 0. The van der Waals surface area contributed by atoms with E-state index in [-0.39, 0.29) is 40.9 Å². The Kier molecular flexibility index (Phi) is 77.0. The van der Waals surface area contributed by atoms with Crippen LogP contribution in [0.5, 0.6) is 0 Å². The number of unbranched alkanes of at least 4 members (excludes halogenated alkanes) is 88. The van der Waals surface area contributed by atoms with Crippen molar-refractivity contribution >= 4 is 66.6 Å². The van der Waals surface area contributed by atoms with Crippen molar-refractivity contribution < 1.29 is 19.2 Å². The van der Waals surface area contributed by atoms with Crippen LogP contribution < -0.4 is 26.8 Å². The number of ketones is 1. The highest BCUT2D eigenvalue weighted by atomic mass is 16.2. The van der Waals surface area contributed by atoms with Crippen molar-refractivity contribution in [3.63, 3.8) is 0 Å². The third-order valence-electron chi connectivity index (χ3n) is 30.0. The maximum Gasteiger partial charge on any atom is 0.251 e. The predicted octanol–water partition coefficient (Wildman–Crippen LogP) is 38.7. The van der Waals surface area contributed by atoms with Crippen LogP contribution in [0.25, 0.3) is 43.1 Å². The third-order valence-corrected chi connectivity index (χ3v) is 30.0. The number of amides is 3. The van der Waals surface area contributed by atoms with Crippen LogP contribution in [0.2, 0.25) is 0 Å². The molecule has 0 saturated carbocycles. The van der Waals surface area contributed by atoms with Crippen LogP contribution in [0, 0.1) is 0 Å². The van der Waals surface area contributed by atoms with E-state index in [2.05, 4.69) is 29.8 Å². The van der Waals surface area contributed by atoms with Gasteiger partial charge in [-0.2, -0.15) is 0 Å². The summed E-state index contributed by atoms with van der Waals surface area (Å²) in [6.07, 6.45) is 129. The van der Waals surface area contributed by atoms with Crippen LogP contribution >= 0.6 is 0 Å². The van der Waals surface area contributed by atoms with Gasteiger partial charge in [-0.1, -0.05) is 591 Å². The van der Waals surface area contributed by atoms with Gasteiger partial charge in [-0.3, -0.25) is 28.8 Å². The number of carbonyl (C=O) groups excluding carboxylic acids is 4. The van der Waals surface area contributed by atoms with Crippen molar-refractivity contribution in [2.75, 3.05) is 19.6 Å². The molecule has 0 aromatic heterocycles. The molecule has 0 atom stereocenters. The van der Waals surface area contributed by atoms with E-state index in [1.807, 2.05) is 0 Å². The van der Waals surface area contributed by atoms with Crippen LogP contribution in [-0.4, -0.2) is 43.1 Å². The number of fused-ring (bicyclic) bond motifs is 6. The molecule has 9 heteroatoms. The number of Topliss-reactive ketones (excluding diaryl/α,β-unsaturated/α-hetero) is 1. The highest BCUT2D eigenvalue weighted by Gasteiger charge is 2.20. The minimum absolute atomic E-state index is 0.00399. The van der Waals surface area contributed by atoms with E-state index < -0.39 is 0 Å². The average Bonchev–Trinajstić information content (AvgIpc) is 1.57. The first-order valence-corrected chi connectivity index (χ1v) is 59.1. The second kappa shape index (κ2) is 86.4. The van der Waals surface area contributed by atoms with E-state index in [0.717, 1.165) is 25.7 Å². The maximum atomic E-state index is 14.0. The average molecular weight is 1830 g/mol. The fourth-order valence-corrected chi connectivity index (χ4v) is 21.2. The molecule has 0 aliphatic heterocycles. The van der Waals surface area contributed by atoms with Crippen molar-refractivity contribution in [2.24, 2.45) is 0 Å². The number of rotatable bonds is 101. The Bertz CT molecular complexity index is 3380. The van der Waals surface area contributed by atoms with Crippen LogP contribution in [0.15, 0.2) is 58.1 Å². The van der Waals surface area contributed by atoms with Crippen LogP contribution in [0.3, 0.4) is 0 Å². The van der Waals surface area contributed by atoms with Crippen molar-refractivity contribution in [1.82, 2.24) is 16.0 Å². The van der Waals surface area contributed by atoms with E-state index in [4.69, 9.17) is 0 Å². The van der Waals surface area contributed by atoms with Crippen molar-refractivity contribution in [3.05, 3.63) is 80.1 Å². The zero-order chi connectivity index (χ0) is 93.6. The van der Waals surface area contributed by atoms with Gasteiger partial charge in [-0.05, 0) is 77.2 Å². The molecule has 3 amide bonds. The predicted molar refractivity (Wildman–Crippen MR) is 579 cm³/mol. The summed E-state index contributed by atoms with van der Waals surface area (Å²) < 4.78 is 0. The smallest absolute Gasteiger partial charge is 0.251 e. The van der Waals surface area contributed by atoms with E-state index >= 15 is 0 Å². The third kappa shape index (κ3) is 61.4. The van der Waals surface area contributed by atoms with E-state index in [9.17, 15) is 28.8 Å². The summed E-state index contributed by atoms with van der Waals surface area (Å²) in [6, 6.07) is 13.8. The van der Waals surface area contributed by atoms with Gasteiger partial charge in [0.15, 0.2) is 10.9 Å². The lowest BCUT2D eigenvalue weighted by Crippen LogP contribution is -2.34. The molecule has 9 nitrogen and oxygen atoms in total. The first kappa shape index (κ1) is 118. The number of carbonyl (C=O) groups is 4. The lowest BCUT2D eigenvalue weighted by atomic mass is 10.0. The molecule has 0 aliphatic rings. The highest BCUT2D eigenvalue weighted by Crippen LogP contribution is 2.34. The summed E-state index contributed by atoms with van der Waals surface area (Å²) in [5.74, 6) is -0.353. The van der Waals surface area contributed by atoms with Gasteiger partial charge in [0.25, 0.3) is 11.8 Å². The molecule has 0 spiro atoms. The number of benzene rings is 3. The zero-order valence-electron chi connectivity index (χ0n) is 87.2. The molecule has 3 N–H and O–H groups in total. The zero-order valence-corrected chi connectivity index (χ0v) is 87.2. The van der Waals surface area contributed by atoms with Crippen molar-refractivity contribution in [3.8, 4) is 0 Å². The molecule has 754 valence electrons. The van der Waals surface area contributed by atoms with Gasteiger partial charge in [-0.15, -0.1) is 0 Å². The Morgan fingerprint density at radius 3 is 0.568 bits per heavy atom. The Balaban J connectivity index is 0.724. The van der Waals surface area contributed by atoms with Gasteiger partial charge < -0.3 is 16.0 Å². The fourth-order valence-electron chi connectivity index (χ4n) is 21.2. The normalized spacial score (nSPS) is 11.8. The van der Waals surface area contributed by atoms with E-state index in [0.29, 0.717) is 93.0 Å². The SMILES string of the molecule is CCCCCCCCCCCCCCCCCCCCCCCCCCCCCCCCCCCCCCCCCCCCCCCC(=O)CCCNC(=O)c1ccc2c(c1)c(=O)c1cc3c(cc12)c(=O)c1cc(C(=O)NCCNC(=O)CCCCCCCCCCCCCCCCCCCCCCCCCCCCCCCCCCCCCCCCCCCCCCC)ccc13. The number of hydrogen-bond donors (Lipinski definition) is 3. The maximum absolute atomic E-state index is 14.0. The standard InChI is InChI=1S/C123H211N3O6/c1-3-5-7-9-11-13-15-17-19-21-23-25-27-29-31-33-35-37-39-41-43-45-47-49-51-53-55-57-59-61-63-65-67-69-71-73-75-77-79-81-83-85-87-89-91-94-110(127)95-93-101-125-122(131)108-97-99-111-113-106-118-114(107-117(113)120(129)115(111)104-108)112-100-98-109(105-116(112)121(118)130)123(132)126-103-102-124-119(128)96-92-90-88-86-84-82-80-78-76-74-72-70-68-66-64-62-60-58-56-54-52-50-48-46-44-42-40-38-36-34-32-30-28-26-24-22-20-18-16-14-12-10-8-6-4-2/h97-100,104-107H,3-96,101-103H2,1-2H3,(H,124,128)(H,125,131)(H,126,132). The molecule has 0 bridgehead atoms. The van der Waals surface area contributed by atoms with Crippen LogP contribution in [0.4, 0.5) is 0 Å². The van der Waals surface area contributed by atoms with Crippen LogP contribution in [0.1, 0.15) is 638 Å². The molecule has 132 heavy (non-hydrogen) atoms. The molecule has 0 saturated heterocycles. The van der Waals surface area contributed by atoms with Gasteiger partial charge in [0.05, 0.1) is 0 Å². The van der Waals surface area contributed by atoms with E-state index in [1.165, 1.54) is 552 Å². The second-order valence-electron chi connectivity index (χ2n) is 42.2. The van der Waals surface area contributed by atoms with Gasteiger partial charge in [0.1, 0.15) is 5.78 Å². The Morgan fingerprint density at radius 1 is 0.174 bits per heavy atom. The molecular formula is C123H211N3O6. The van der Waals surface area contributed by atoms with Gasteiger partial charge in [0, 0.05) is 71.6 Å². The molecule has 0 fully saturated rings. The van der Waals surface area contributed by atoms with Crippen molar-refractivity contribution in [1.29, 1.82) is 0 Å². The molecule has 0 heterocycles. The fraction of sp³-hybridized carbons (Fsp3) is 0.805.